The Kier molecular flexibility index (Phi) is 3.94. The molecule has 1 aliphatic heterocycles. The topological polar surface area (TPSA) is 49.0 Å². The number of aromatic amines is 1. The Bertz CT molecular complexity index is 997. The second-order valence-corrected chi connectivity index (χ2v) is 6.34. The van der Waals surface area contributed by atoms with Crippen molar-refractivity contribution >= 4 is 22.1 Å². The maximum Gasteiger partial charge on any atom is 0.182 e. The number of Topliss-reactive ketones (excluding diaryl/α,β-unsaturated/α-hetero) is 1. The van der Waals surface area contributed by atoms with Crippen molar-refractivity contribution in [1.82, 2.24) is 15.1 Å². The van der Waals surface area contributed by atoms with Gasteiger partial charge in [0.2, 0.25) is 0 Å². The fourth-order valence-corrected chi connectivity index (χ4v) is 3.08. The number of aryl methyl sites for hydroxylation is 1. The van der Waals surface area contributed by atoms with Crippen molar-refractivity contribution in [2.45, 2.75) is 13.3 Å². The van der Waals surface area contributed by atoms with Gasteiger partial charge in [-0.15, -0.1) is 0 Å². The van der Waals surface area contributed by atoms with Crippen LogP contribution in [0.2, 0.25) is 0 Å². The minimum Gasteiger partial charge on any atom is -0.346 e. The summed E-state index contributed by atoms with van der Waals surface area (Å²) in [5.41, 5.74) is 3.82. The van der Waals surface area contributed by atoms with Gasteiger partial charge >= 0.3 is 0 Å². The molecule has 4 heteroatoms. The molecule has 4 rings (SSSR count). The lowest BCUT2D eigenvalue weighted by Crippen LogP contribution is -2.22. The predicted octanol–water partition coefficient (Wildman–Crippen LogP) is 4.31. The van der Waals surface area contributed by atoms with Gasteiger partial charge in [0.1, 0.15) is 0 Å². The Hall–Kier alpha value is -3.14. The molecular weight excluding hydrogens is 310 g/mol. The van der Waals surface area contributed by atoms with E-state index in [1.807, 2.05) is 66.7 Å². The minimum absolute atomic E-state index is 0.103. The van der Waals surface area contributed by atoms with Gasteiger partial charge < -0.3 is 4.90 Å². The molecule has 3 aromatic rings. The van der Waals surface area contributed by atoms with Gasteiger partial charge in [-0.3, -0.25) is 9.89 Å². The van der Waals surface area contributed by atoms with Crippen molar-refractivity contribution in [3.63, 3.8) is 0 Å². The number of carbonyl (C=O) groups is 1. The highest BCUT2D eigenvalue weighted by atomic mass is 16.1. The number of rotatable bonds is 4. The summed E-state index contributed by atoms with van der Waals surface area (Å²) in [5, 5.41) is 9.51. The van der Waals surface area contributed by atoms with Crippen molar-refractivity contribution in [3.8, 4) is 0 Å². The zero-order valence-electron chi connectivity index (χ0n) is 14.1. The number of H-pyrrole nitrogens is 1. The molecule has 0 aliphatic carbocycles. The fraction of sp³-hybridized carbons (Fsp3) is 0.143. The summed E-state index contributed by atoms with van der Waals surface area (Å²) in [6.45, 7) is 2.30. The zero-order chi connectivity index (χ0) is 17.2. The molecule has 2 heterocycles. The maximum absolute atomic E-state index is 12.7. The first-order valence-electron chi connectivity index (χ1n) is 8.36. The van der Waals surface area contributed by atoms with Gasteiger partial charge in [-0.25, -0.2) is 0 Å². The van der Waals surface area contributed by atoms with Gasteiger partial charge in [-0.1, -0.05) is 42.5 Å². The molecule has 0 radical (unpaired) electrons. The first-order valence-corrected chi connectivity index (χ1v) is 8.36. The molecule has 0 fully saturated rings. The second-order valence-electron chi connectivity index (χ2n) is 6.34. The molecular formula is C21H19N3O. The van der Waals surface area contributed by atoms with Crippen LogP contribution in [0.15, 0.2) is 67.0 Å². The molecule has 1 aliphatic rings. The number of nitrogens with zero attached hydrogens (tertiary/aromatic N) is 2. The van der Waals surface area contributed by atoms with E-state index >= 15 is 0 Å². The Morgan fingerprint density at radius 3 is 2.80 bits per heavy atom. The Morgan fingerprint density at radius 2 is 2.00 bits per heavy atom. The van der Waals surface area contributed by atoms with Crippen LogP contribution in [0.5, 0.6) is 0 Å². The van der Waals surface area contributed by atoms with Crippen LogP contribution in [-0.4, -0.2) is 27.4 Å². The van der Waals surface area contributed by atoms with Crippen molar-refractivity contribution in [2.24, 2.45) is 0 Å². The van der Waals surface area contributed by atoms with E-state index in [-0.39, 0.29) is 5.78 Å². The van der Waals surface area contributed by atoms with Gasteiger partial charge in [0.15, 0.2) is 5.78 Å². The van der Waals surface area contributed by atoms with E-state index < -0.39 is 0 Å². The van der Waals surface area contributed by atoms with Crippen molar-refractivity contribution in [1.29, 1.82) is 0 Å². The van der Waals surface area contributed by atoms with E-state index in [1.54, 1.807) is 0 Å². The number of allylic oxidation sites excluding steroid dienone is 2. The number of carbonyl (C=O) groups excluding carboxylic acids is 1. The third-order valence-electron chi connectivity index (χ3n) is 4.39. The molecule has 1 N–H and O–H groups in total. The highest BCUT2D eigenvalue weighted by molar-refractivity contribution is 6.01. The number of hydrogen-bond acceptors (Lipinski definition) is 3. The van der Waals surface area contributed by atoms with Gasteiger partial charge in [-0.05, 0) is 41.8 Å². The van der Waals surface area contributed by atoms with Crippen molar-refractivity contribution in [3.05, 3.63) is 84.0 Å². The van der Waals surface area contributed by atoms with E-state index in [2.05, 4.69) is 22.3 Å². The number of ketones is 1. The Labute approximate surface area is 146 Å². The van der Waals surface area contributed by atoms with Crippen LogP contribution in [0.4, 0.5) is 0 Å². The first-order chi connectivity index (χ1) is 12.2. The first kappa shape index (κ1) is 15.4. The standard InChI is InChI=1S/C21H19N3O/c1-15-11-20(23-22-15)19-7-4-10-24(13-19)14-21(25)18-9-8-16-5-2-3-6-17(16)12-18/h2-6,8-13H,7,14H2,1H3,(H,22,23). The third-order valence-corrected chi connectivity index (χ3v) is 4.39. The fourth-order valence-electron chi connectivity index (χ4n) is 3.08. The normalized spacial score (nSPS) is 14.0. The van der Waals surface area contributed by atoms with Crippen LogP contribution in [0.25, 0.3) is 16.3 Å². The minimum atomic E-state index is 0.103. The summed E-state index contributed by atoms with van der Waals surface area (Å²) in [4.78, 5) is 14.6. The van der Waals surface area contributed by atoms with Crippen molar-refractivity contribution in [2.75, 3.05) is 6.54 Å². The molecule has 0 bridgehead atoms. The Balaban J connectivity index is 1.54. The maximum atomic E-state index is 12.7. The smallest absolute Gasteiger partial charge is 0.182 e. The van der Waals surface area contributed by atoms with Crippen LogP contribution in [0, 0.1) is 6.92 Å². The molecule has 0 saturated carbocycles. The lowest BCUT2D eigenvalue weighted by molar-refractivity contribution is 0.0970. The van der Waals surface area contributed by atoms with E-state index in [4.69, 9.17) is 0 Å². The van der Waals surface area contributed by atoms with Crippen molar-refractivity contribution < 1.29 is 4.79 Å². The zero-order valence-corrected chi connectivity index (χ0v) is 14.1. The monoisotopic (exact) mass is 329 g/mol. The summed E-state index contributed by atoms with van der Waals surface area (Å²) in [5.74, 6) is 0.103. The summed E-state index contributed by atoms with van der Waals surface area (Å²) >= 11 is 0. The van der Waals surface area contributed by atoms with Gasteiger partial charge in [0.05, 0.1) is 12.2 Å². The second kappa shape index (κ2) is 6.40. The van der Waals surface area contributed by atoms with E-state index in [0.29, 0.717) is 6.54 Å². The van der Waals surface area contributed by atoms with Crippen LogP contribution >= 0.6 is 0 Å². The molecule has 25 heavy (non-hydrogen) atoms. The highest BCUT2D eigenvalue weighted by Crippen LogP contribution is 2.23. The average Bonchev–Trinajstić information content (AvgIpc) is 3.08. The highest BCUT2D eigenvalue weighted by Gasteiger charge is 2.14. The Morgan fingerprint density at radius 1 is 1.16 bits per heavy atom. The molecule has 1 aromatic heterocycles. The van der Waals surface area contributed by atoms with Crippen LogP contribution < -0.4 is 0 Å². The predicted molar refractivity (Wildman–Crippen MR) is 100 cm³/mol. The molecule has 0 unspecified atom stereocenters. The van der Waals surface area contributed by atoms with Crippen LogP contribution in [0.1, 0.15) is 28.2 Å². The lowest BCUT2D eigenvalue weighted by atomic mass is 10.0. The lowest BCUT2D eigenvalue weighted by Gasteiger charge is -2.20. The number of fused-ring (bicyclic) bond motifs is 1. The van der Waals surface area contributed by atoms with E-state index in [1.165, 1.54) is 0 Å². The summed E-state index contributed by atoms with van der Waals surface area (Å²) in [6, 6.07) is 16.0. The molecule has 0 saturated heterocycles. The quantitative estimate of drug-likeness (QED) is 0.725. The van der Waals surface area contributed by atoms with Gasteiger partial charge in [-0.2, -0.15) is 5.10 Å². The number of hydrogen-bond donors (Lipinski definition) is 1. The summed E-state index contributed by atoms with van der Waals surface area (Å²) in [6.07, 6.45) is 6.86. The molecule has 0 spiro atoms. The largest absolute Gasteiger partial charge is 0.346 e. The summed E-state index contributed by atoms with van der Waals surface area (Å²) in [7, 11) is 0. The third kappa shape index (κ3) is 3.24. The number of aromatic nitrogens is 2. The summed E-state index contributed by atoms with van der Waals surface area (Å²) < 4.78 is 0. The molecule has 2 aromatic carbocycles. The van der Waals surface area contributed by atoms with Gasteiger partial charge in [0.25, 0.3) is 0 Å². The van der Waals surface area contributed by atoms with E-state index in [9.17, 15) is 4.79 Å². The van der Waals surface area contributed by atoms with Crippen LogP contribution in [-0.2, 0) is 0 Å². The van der Waals surface area contributed by atoms with Crippen LogP contribution in [0.3, 0.4) is 0 Å². The molecule has 4 nitrogen and oxygen atoms in total. The van der Waals surface area contributed by atoms with E-state index in [0.717, 1.165) is 39.7 Å². The molecule has 124 valence electrons. The average molecular weight is 329 g/mol. The number of nitrogens with one attached hydrogen (secondary N) is 1. The molecule has 0 amide bonds. The molecule has 0 atom stereocenters. The SMILES string of the molecule is Cc1cc(C2=CN(CC(=O)c3ccc4ccccc4c3)C=CC2)n[nH]1. The number of benzene rings is 2. The van der Waals surface area contributed by atoms with Gasteiger partial charge in [0, 0.05) is 23.7 Å².